The highest BCUT2D eigenvalue weighted by molar-refractivity contribution is 5.80. The third-order valence-electron chi connectivity index (χ3n) is 4.42. The van der Waals surface area contributed by atoms with Crippen molar-refractivity contribution in [1.29, 1.82) is 0 Å². The molecule has 7 nitrogen and oxygen atoms in total. The number of aliphatic imine (C=N–C) groups is 1. The maximum atomic E-state index is 11.5. The van der Waals surface area contributed by atoms with Gasteiger partial charge in [0.25, 0.3) is 0 Å². The van der Waals surface area contributed by atoms with Crippen molar-refractivity contribution in [2.75, 3.05) is 67.1 Å². The molecule has 24 heavy (non-hydrogen) atoms. The van der Waals surface area contributed by atoms with E-state index in [0.717, 1.165) is 64.7 Å². The second kappa shape index (κ2) is 12.1. The molecule has 1 heterocycles. The average molecular weight is 342 g/mol. The van der Waals surface area contributed by atoms with Gasteiger partial charge in [0.2, 0.25) is 5.91 Å². The molecule has 1 rings (SSSR count). The van der Waals surface area contributed by atoms with Gasteiger partial charge in [0.1, 0.15) is 0 Å². The van der Waals surface area contributed by atoms with Crippen molar-refractivity contribution in [3.8, 4) is 0 Å². The van der Waals surface area contributed by atoms with Crippen molar-refractivity contribution >= 4 is 11.9 Å². The monoisotopic (exact) mass is 341 g/mol. The Balaban J connectivity index is 2.42. The van der Waals surface area contributed by atoms with Crippen molar-refractivity contribution in [3.05, 3.63) is 0 Å². The zero-order valence-corrected chi connectivity index (χ0v) is 15.8. The number of methoxy groups -OCH3 is 1. The zero-order chi connectivity index (χ0) is 17.8. The van der Waals surface area contributed by atoms with Gasteiger partial charge in [-0.3, -0.25) is 9.79 Å². The molecule has 0 spiro atoms. The van der Waals surface area contributed by atoms with E-state index in [0.29, 0.717) is 12.3 Å². The topological polar surface area (TPSA) is 69.2 Å². The number of piperidine rings is 1. The Morgan fingerprint density at radius 1 is 1.33 bits per heavy atom. The maximum Gasteiger partial charge on any atom is 0.220 e. The molecular formula is C17H35N5O2. The van der Waals surface area contributed by atoms with Gasteiger partial charge in [0.05, 0.1) is 13.2 Å². The fraction of sp³-hybridized carbons (Fsp3) is 0.882. The summed E-state index contributed by atoms with van der Waals surface area (Å²) in [6.07, 6.45) is 2.74. The van der Waals surface area contributed by atoms with E-state index in [1.54, 1.807) is 14.2 Å². The van der Waals surface area contributed by atoms with E-state index in [9.17, 15) is 4.79 Å². The number of carbonyl (C=O) groups is 1. The first-order valence-corrected chi connectivity index (χ1v) is 9.02. The number of carbonyl (C=O) groups excluding carboxylic acids is 1. The van der Waals surface area contributed by atoms with E-state index in [1.165, 1.54) is 0 Å². The van der Waals surface area contributed by atoms with Crippen molar-refractivity contribution in [3.63, 3.8) is 0 Å². The lowest BCUT2D eigenvalue weighted by atomic mass is 9.93. The van der Waals surface area contributed by atoms with Crippen LogP contribution in [0.25, 0.3) is 0 Å². The van der Waals surface area contributed by atoms with Crippen LogP contribution in [0.1, 0.15) is 26.2 Å². The van der Waals surface area contributed by atoms with Crippen LogP contribution in [0.4, 0.5) is 0 Å². The molecule has 1 amide bonds. The molecule has 0 atom stereocenters. The summed E-state index contributed by atoms with van der Waals surface area (Å²) in [5.74, 6) is 1.63. The van der Waals surface area contributed by atoms with Crippen molar-refractivity contribution in [1.82, 2.24) is 20.4 Å². The summed E-state index contributed by atoms with van der Waals surface area (Å²) in [5, 5.41) is 6.11. The smallest absolute Gasteiger partial charge is 0.220 e. The molecule has 0 aromatic rings. The lowest BCUT2D eigenvalue weighted by Crippen LogP contribution is -2.46. The Hall–Kier alpha value is -1.34. The number of nitrogens with zero attached hydrogens (tertiary/aromatic N) is 3. The summed E-state index contributed by atoms with van der Waals surface area (Å²) in [4.78, 5) is 20.8. The van der Waals surface area contributed by atoms with E-state index in [4.69, 9.17) is 9.73 Å². The quantitative estimate of drug-likeness (QED) is 0.469. The second-order valence-electron chi connectivity index (χ2n) is 6.34. The van der Waals surface area contributed by atoms with Crippen LogP contribution in [0.15, 0.2) is 4.99 Å². The Morgan fingerprint density at radius 3 is 2.62 bits per heavy atom. The minimum absolute atomic E-state index is 0.146. The molecule has 1 saturated heterocycles. The highest BCUT2D eigenvalue weighted by Crippen LogP contribution is 2.20. The lowest BCUT2D eigenvalue weighted by molar-refractivity contribution is -0.121. The molecule has 7 heteroatoms. The Morgan fingerprint density at radius 2 is 2.04 bits per heavy atom. The van der Waals surface area contributed by atoms with Gasteiger partial charge in [-0.25, -0.2) is 0 Å². The van der Waals surface area contributed by atoms with Crippen LogP contribution in [0.3, 0.4) is 0 Å². The van der Waals surface area contributed by atoms with Crippen LogP contribution in [0, 0.1) is 5.92 Å². The van der Waals surface area contributed by atoms with Gasteiger partial charge in [0, 0.05) is 53.3 Å². The Bertz CT molecular complexity index is 381. The third kappa shape index (κ3) is 7.97. The normalized spacial score (nSPS) is 16.5. The number of nitrogens with one attached hydrogen (secondary N) is 2. The summed E-state index contributed by atoms with van der Waals surface area (Å²) in [5.41, 5.74) is 0. The Kier molecular flexibility index (Phi) is 10.4. The van der Waals surface area contributed by atoms with E-state index in [-0.39, 0.29) is 5.91 Å². The predicted octanol–water partition coefficient (Wildman–Crippen LogP) is 0.378. The number of amides is 1. The first-order chi connectivity index (χ1) is 11.6. The molecule has 0 aliphatic carbocycles. The second-order valence-corrected chi connectivity index (χ2v) is 6.34. The van der Waals surface area contributed by atoms with E-state index >= 15 is 0 Å². The van der Waals surface area contributed by atoms with Crippen LogP contribution >= 0.6 is 0 Å². The van der Waals surface area contributed by atoms with E-state index < -0.39 is 0 Å². The maximum absolute atomic E-state index is 11.5. The molecule has 0 radical (unpaired) electrons. The van der Waals surface area contributed by atoms with Crippen molar-refractivity contribution in [2.45, 2.75) is 26.2 Å². The van der Waals surface area contributed by atoms with Crippen LogP contribution < -0.4 is 10.6 Å². The summed E-state index contributed by atoms with van der Waals surface area (Å²) in [6.45, 7) is 8.27. The molecule has 0 unspecified atom stereocenters. The van der Waals surface area contributed by atoms with E-state index in [1.807, 2.05) is 0 Å². The van der Waals surface area contributed by atoms with Crippen molar-refractivity contribution < 1.29 is 9.53 Å². The molecule has 0 aromatic heterocycles. The SMILES string of the molecule is CCNC(=NCCN(C)CCOC)N1CCC(CC(=O)NC)CC1. The number of hydrogen-bond donors (Lipinski definition) is 2. The van der Waals surface area contributed by atoms with Gasteiger partial charge in [-0.15, -0.1) is 0 Å². The molecule has 0 bridgehead atoms. The first-order valence-electron chi connectivity index (χ1n) is 9.02. The molecule has 1 fully saturated rings. The van der Waals surface area contributed by atoms with E-state index in [2.05, 4.69) is 34.4 Å². The van der Waals surface area contributed by atoms with Gasteiger partial charge in [-0.1, -0.05) is 0 Å². The summed E-state index contributed by atoms with van der Waals surface area (Å²) < 4.78 is 5.09. The van der Waals surface area contributed by atoms with Gasteiger partial charge in [-0.2, -0.15) is 0 Å². The molecule has 1 aliphatic rings. The van der Waals surface area contributed by atoms with Crippen LogP contribution in [-0.2, 0) is 9.53 Å². The van der Waals surface area contributed by atoms with Crippen LogP contribution in [0.5, 0.6) is 0 Å². The number of likely N-dealkylation sites (tertiary alicyclic amines) is 1. The fourth-order valence-electron chi connectivity index (χ4n) is 2.82. The van der Waals surface area contributed by atoms with Gasteiger partial charge in [0.15, 0.2) is 5.96 Å². The fourth-order valence-corrected chi connectivity index (χ4v) is 2.82. The molecular weight excluding hydrogens is 306 g/mol. The standard InChI is InChI=1S/C17H35N5O2/c1-5-19-17(20-8-11-21(3)12-13-24-4)22-9-6-15(7-10-22)14-16(23)18-2/h15H,5-14H2,1-4H3,(H,18,23)(H,19,20). The van der Waals surface area contributed by atoms with Crippen molar-refractivity contribution in [2.24, 2.45) is 10.9 Å². The lowest BCUT2D eigenvalue weighted by Gasteiger charge is -2.34. The van der Waals surface area contributed by atoms with Gasteiger partial charge in [-0.05, 0) is 32.7 Å². The Labute approximate surface area is 146 Å². The van der Waals surface area contributed by atoms with Gasteiger partial charge >= 0.3 is 0 Å². The largest absolute Gasteiger partial charge is 0.383 e. The molecule has 0 saturated carbocycles. The molecule has 2 N–H and O–H groups in total. The zero-order valence-electron chi connectivity index (χ0n) is 15.8. The number of guanidine groups is 1. The number of likely N-dealkylation sites (N-methyl/N-ethyl adjacent to an activating group) is 1. The van der Waals surface area contributed by atoms with Gasteiger partial charge < -0.3 is 25.2 Å². The van der Waals surface area contributed by atoms with Crippen LogP contribution in [0.2, 0.25) is 0 Å². The number of rotatable bonds is 9. The minimum Gasteiger partial charge on any atom is -0.383 e. The number of ether oxygens (including phenoxy) is 1. The molecule has 140 valence electrons. The first kappa shape index (κ1) is 20.7. The third-order valence-corrected chi connectivity index (χ3v) is 4.42. The average Bonchev–Trinajstić information content (AvgIpc) is 2.59. The molecule has 1 aliphatic heterocycles. The highest BCUT2D eigenvalue weighted by Gasteiger charge is 2.22. The summed E-state index contributed by atoms with van der Waals surface area (Å²) in [6, 6.07) is 0. The number of hydrogen-bond acceptors (Lipinski definition) is 4. The minimum atomic E-state index is 0.146. The summed E-state index contributed by atoms with van der Waals surface area (Å²) in [7, 11) is 5.52. The van der Waals surface area contributed by atoms with Crippen LogP contribution in [-0.4, -0.2) is 88.7 Å². The molecule has 0 aromatic carbocycles. The predicted molar refractivity (Wildman–Crippen MR) is 98.3 cm³/mol. The summed E-state index contributed by atoms with van der Waals surface area (Å²) >= 11 is 0. The highest BCUT2D eigenvalue weighted by atomic mass is 16.5.